The van der Waals surface area contributed by atoms with Gasteiger partial charge in [-0.1, -0.05) is 0 Å². The molecule has 0 aliphatic heterocycles. The number of rotatable bonds is 1. The second kappa shape index (κ2) is 3.42. The largest absolute Gasteiger partial charge is 0.361 e. The molecule has 0 aromatic carbocycles. The van der Waals surface area contributed by atoms with Crippen molar-refractivity contribution in [2.75, 3.05) is 0 Å². The minimum Gasteiger partial charge on any atom is -0.361 e. The highest BCUT2D eigenvalue weighted by Gasteiger charge is 2.31. The van der Waals surface area contributed by atoms with E-state index in [4.69, 9.17) is 5.53 Å². The maximum atomic E-state index is 11.0. The second-order valence-electron chi connectivity index (χ2n) is 2.30. The van der Waals surface area contributed by atoms with Gasteiger partial charge in [0.25, 0.3) is 5.78 Å². The molecular formula is C6H4N2O4S. The minimum absolute atomic E-state index is 0.342. The lowest BCUT2D eigenvalue weighted by Gasteiger charge is -2.00. The van der Waals surface area contributed by atoms with Gasteiger partial charge in [0.1, 0.15) is 11.3 Å². The van der Waals surface area contributed by atoms with Gasteiger partial charge in [-0.2, -0.15) is 4.79 Å². The molecule has 1 aliphatic carbocycles. The Kier molecular flexibility index (Phi) is 2.50. The van der Waals surface area contributed by atoms with E-state index < -0.39 is 33.6 Å². The second-order valence-corrected chi connectivity index (χ2v) is 3.29. The maximum absolute atomic E-state index is 11.0. The molecule has 0 unspecified atom stereocenters. The summed E-state index contributed by atoms with van der Waals surface area (Å²) in [4.78, 5) is 23.9. The van der Waals surface area contributed by atoms with Gasteiger partial charge in [-0.15, -0.1) is 0 Å². The summed E-state index contributed by atoms with van der Waals surface area (Å²) in [5, 5.41) is 0. The Bertz CT molecular complexity index is 432. The van der Waals surface area contributed by atoms with E-state index in [0.29, 0.717) is 6.08 Å². The average molecular weight is 200 g/mol. The first-order valence-corrected chi connectivity index (χ1v) is 4.38. The molecule has 1 aliphatic rings. The van der Waals surface area contributed by atoms with Gasteiger partial charge in [0, 0.05) is 6.08 Å². The van der Waals surface area contributed by atoms with E-state index in [1.807, 2.05) is 0 Å². The molecule has 0 saturated carbocycles. The average Bonchev–Trinajstić information content (AvgIpc) is 2.07. The van der Waals surface area contributed by atoms with Crippen LogP contribution in [0.3, 0.4) is 0 Å². The van der Waals surface area contributed by atoms with E-state index >= 15 is 0 Å². The zero-order chi connectivity index (χ0) is 10.0. The summed E-state index contributed by atoms with van der Waals surface area (Å²) in [5.41, 5.74) is 7.90. The first kappa shape index (κ1) is 9.50. The van der Waals surface area contributed by atoms with Crippen molar-refractivity contribution in [1.29, 1.82) is 0 Å². The molecule has 0 heterocycles. The van der Waals surface area contributed by atoms with Crippen LogP contribution in [0.15, 0.2) is 11.0 Å². The van der Waals surface area contributed by atoms with E-state index in [1.165, 1.54) is 0 Å². The Morgan fingerprint density at radius 3 is 2.46 bits per heavy atom. The molecule has 68 valence electrons. The Hall–Kier alpha value is -1.59. The lowest BCUT2D eigenvalue weighted by molar-refractivity contribution is -0.119. The zero-order valence-electron chi connectivity index (χ0n) is 6.26. The summed E-state index contributed by atoms with van der Waals surface area (Å²) in [6.45, 7) is 0. The highest BCUT2D eigenvalue weighted by molar-refractivity contribution is 7.78. The highest BCUT2D eigenvalue weighted by Crippen LogP contribution is 2.09. The molecule has 0 fully saturated rings. The Balaban J connectivity index is 3.26. The van der Waals surface area contributed by atoms with Gasteiger partial charge in [0.2, 0.25) is 0 Å². The number of hydrogen-bond acceptors (Lipinski definition) is 4. The third-order valence-electron chi connectivity index (χ3n) is 1.48. The van der Waals surface area contributed by atoms with Crippen LogP contribution >= 0.6 is 0 Å². The van der Waals surface area contributed by atoms with Crippen molar-refractivity contribution >= 4 is 28.0 Å². The molecule has 0 N–H and O–H groups in total. The highest BCUT2D eigenvalue weighted by atomic mass is 32.2. The van der Waals surface area contributed by atoms with Crippen molar-refractivity contribution < 1.29 is 22.8 Å². The zero-order valence-corrected chi connectivity index (χ0v) is 7.15. The maximum Gasteiger partial charge on any atom is 0.346 e. The Morgan fingerprint density at radius 1 is 1.38 bits per heavy atom. The first-order valence-electron chi connectivity index (χ1n) is 3.21. The van der Waals surface area contributed by atoms with Gasteiger partial charge >= 0.3 is 5.71 Å². The fourth-order valence-corrected chi connectivity index (χ4v) is 1.36. The monoisotopic (exact) mass is 200 g/mol. The van der Waals surface area contributed by atoms with Crippen molar-refractivity contribution in [1.82, 2.24) is 0 Å². The normalized spacial score (nSPS) is 17.3. The Labute approximate surface area is 74.4 Å². The molecule has 13 heavy (non-hydrogen) atoms. The number of Topliss-reactive ketones (excluding diaryl/α,β-unsaturated/α-hetero) is 1. The lowest BCUT2D eigenvalue weighted by Crippen LogP contribution is -2.25. The van der Waals surface area contributed by atoms with Crippen LogP contribution < -0.4 is 0 Å². The van der Waals surface area contributed by atoms with Gasteiger partial charge in [-0.3, -0.25) is 9.59 Å². The number of allylic oxidation sites excluding steroid dienone is 2. The third kappa shape index (κ3) is 1.77. The molecule has 0 aromatic rings. The number of nitrogens with zero attached hydrogens (tertiary/aromatic N) is 2. The van der Waals surface area contributed by atoms with E-state index in [1.54, 1.807) is 0 Å². The predicted octanol–water partition coefficient (Wildman–Crippen LogP) is -1.31. The standard InChI is InChI=1S/C6H4N2O4S/c7-8-3-1-5(10)6(13(11)12)2-4(3)9/h2,13H,1H2. The van der Waals surface area contributed by atoms with Crippen LogP contribution in [0.1, 0.15) is 6.42 Å². The van der Waals surface area contributed by atoms with Crippen molar-refractivity contribution in [2.45, 2.75) is 6.42 Å². The molecule has 0 saturated heterocycles. The first-order chi connectivity index (χ1) is 6.06. The van der Waals surface area contributed by atoms with Gasteiger partial charge in [0.15, 0.2) is 16.5 Å². The lowest BCUT2D eigenvalue weighted by atomic mass is 10.0. The van der Waals surface area contributed by atoms with E-state index in [9.17, 15) is 18.0 Å². The molecule has 0 bridgehead atoms. The minimum atomic E-state index is -3.05. The predicted molar refractivity (Wildman–Crippen MR) is 41.7 cm³/mol. The summed E-state index contributed by atoms with van der Waals surface area (Å²) in [7, 11) is -3.05. The molecule has 0 aromatic heterocycles. The van der Waals surface area contributed by atoms with E-state index in [2.05, 4.69) is 4.79 Å². The summed E-state index contributed by atoms with van der Waals surface area (Å²) < 4.78 is 20.8. The van der Waals surface area contributed by atoms with Crippen LogP contribution in [0.4, 0.5) is 0 Å². The van der Waals surface area contributed by atoms with Crippen LogP contribution in [0.25, 0.3) is 5.53 Å². The van der Waals surface area contributed by atoms with Crippen molar-refractivity contribution in [3.63, 3.8) is 0 Å². The number of hydrogen-bond donors (Lipinski definition) is 1. The molecule has 0 atom stereocenters. The SMILES string of the molecule is [N-]=[N+]=C1CC(=O)C([SH](=O)=O)=CC1=O. The topological polar surface area (TPSA) is 105 Å². The smallest absolute Gasteiger partial charge is 0.346 e. The van der Waals surface area contributed by atoms with Crippen molar-refractivity contribution in [3.05, 3.63) is 16.5 Å². The van der Waals surface area contributed by atoms with Crippen molar-refractivity contribution in [3.8, 4) is 0 Å². The van der Waals surface area contributed by atoms with Gasteiger partial charge in [-0.05, 0) is 0 Å². The summed E-state index contributed by atoms with van der Waals surface area (Å²) in [6, 6.07) is 0. The summed E-state index contributed by atoms with van der Waals surface area (Å²) in [6.07, 6.45) is 0.192. The van der Waals surface area contributed by atoms with Crippen LogP contribution in [-0.2, 0) is 20.3 Å². The third-order valence-corrected chi connectivity index (χ3v) is 2.26. The number of carbonyl (C=O) groups is 2. The van der Waals surface area contributed by atoms with Crippen LogP contribution in [0.5, 0.6) is 0 Å². The van der Waals surface area contributed by atoms with Crippen molar-refractivity contribution in [2.24, 2.45) is 0 Å². The van der Waals surface area contributed by atoms with Crippen LogP contribution in [0, 0.1) is 0 Å². The van der Waals surface area contributed by atoms with E-state index in [-0.39, 0.29) is 5.71 Å². The fraction of sp³-hybridized carbons (Fsp3) is 0.167. The molecule has 7 heteroatoms. The summed E-state index contributed by atoms with van der Waals surface area (Å²) >= 11 is 0. The van der Waals surface area contributed by atoms with E-state index in [0.717, 1.165) is 0 Å². The number of carbonyl (C=O) groups excluding carboxylic acids is 2. The Morgan fingerprint density at radius 2 is 2.00 bits per heavy atom. The van der Waals surface area contributed by atoms with Crippen LogP contribution in [-0.4, -0.2) is 30.5 Å². The number of ketones is 2. The van der Waals surface area contributed by atoms with Gasteiger partial charge < -0.3 is 5.53 Å². The van der Waals surface area contributed by atoms with Crippen LogP contribution in [0.2, 0.25) is 0 Å². The van der Waals surface area contributed by atoms with Gasteiger partial charge in [0.05, 0.1) is 0 Å². The quantitative estimate of drug-likeness (QED) is 0.322. The summed E-state index contributed by atoms with van der Waals surface area (Å²) in [5.74, 6) is -1.49. The van der Waals surface area contributed by atoms with Gasteiger partial charge in [-0.25, -0.2) is 8.42 Å². The molecule has 6 nitrogen and oxygen atoms in total. The number of thiol groups is 1. The molecule has 0 amide bonds. The molecule has 0 spiro atoms. The fourth-order valence-electron chi connectivity index (χ4n) is 0.857. The molecule has 0 radical (unpaired) electrons. The molecular weight excluding hydrogens is 196 g/mol. The molecule has 1 rings (SSSR count).